The molecule has 0 aromatic heterocycles. The van der Waals surface area contributed by atoms with E-state index in [9.17, 15) is 5.11 Å². The van der Waals surface area contributed by atoms with E-state index in [0.717, 1.165) is 31.8 Å². The smallest absolute Gasteiger partial charge is 0.0564 e. The summed E-state index contributed by atoms with van der Waals surface area (Å²) >= 11 is 0. The minimum atomic E-state index is -0.0289. The first-order chi connectivity index (χ1) is 9.65. The lowest BCUT2D eigenvalue weighted by Gasteiger charge is -2.35. The van der Waals surface area contributed by atoms with Crippen molar-refractivity contribution in [1.82, 2.24) is 9.80 Å². The van der Waals surface area contributed by atoms with Gasteiger partial charge in [0.15, 0.2) is 0 Å². The lowest BCUT2D eigenvalue weighted by molar-refractivity contribution is 0.0670. The van der Waals surface area contributed by atoms with Gasteiger partial charge in [0.05, 0.1) is 6.10 Å². The van der Waals surface area contributed by atoms with Crippen LogP contribution in [-0.4, -0.2) is 60.8 Å². The Balaban J connectivity index is 0.000000641. The molecule has 0 aliphatic carbocycles. The molecule has 0 atom stereocenters. The van der Waals surface area contributed by atoms with Crippen LogP contribution in [0.3, 0.4) is 0 Å². The average Bonchev–Trinajstić information content (AvgIpc) is 2.47. The maximum atomic E-state index is 9.43. The van der Waals surface area contributed by atoms with Gasteiger partial charge in [0.2, 0.25) is 0 Å². The van der Waals surface area contributed by atoms with E-state index in [4.69, 9.17) is 0 Å². The lowest BCUT2D eigenvalue weighted by atomic mass is 9.95. The second kappa shape index (κ2) is 12.6. The molecule has 0 amide bonds. The first kappa shape index (κ1) is 19.9. The largest absolute Gasteiger partial charge is 0.393 e. The number of hydrogen-bond acceptors (Lipinski definition) is 3. The van der Waals surface area contributed by atoms with Crippen molar-refractivity contribution >= 4 is 0 Å². The molecule has 0 aromatic rings. The zero-order valence-corrected chi connectivity index (χ0v) is 14.6. The maximum absolute atomic E-state index is 9.43. The van der Waals surface area contributed by atoms with Crippen LogP contribution in [0.15, 0.2) is 0 Å². The van der Waals surface area contributed by atoms with Crippen molar-refractivity contribution in [2.75, 3.05) is 39.8 Å². The van der Waals surface area contributed by atoms with Crippen LogP contribution < -0.4 is 0 Å². The molecule has 122 valence electrons. The van der Waals surface area contributed by atoms with Crippen LogP contribution in [0, 0.1) is 5.92 Å². The number of nitrogens with zero attached hydrogens (tertiary/aromatic N) is 2. The second-order valence-electron chi connectivity index (χ2n) is 5.99. The number of aliphatic hydroxyl groups is 1. The highest BCUT2D eigenvalue weighted by Crippen LogP contribution is 2.19. The number of hydrogen-bond donors (Lipinski definition) is 1. The Hall–Kier alpha value is -0.120. The summed E-state index contributed by atoms with van der Waals surface area (Å²) in [6.45, 7) is 14.3. The molecule has 2 fully saturated rings. The highest BCUT2D eigenvalue weighted by Gasteiger charge is 2.22. The third-order valence-corrected chi connectivity index (χ3v) is 3.91. The summed E-state index contributed by atoms with van der Waals surface area (Å²) in [6.07, 6.45) is 5.89. The van der Waals surface area contributed by atoms with Crippen LogP contribution in [-0.2, 0) is 0 Å². The lowest BCUT2D eigenvalue weighted by Crippen LogP contribution is -2.41. The highest BCUT2D eigenvalue weighted by atomic mass is 16.3. The van der Waals surface area contributed by atoms with Crippen molar-refractivity contribution < 1.29 is 5.11 Å². The molecular weight excluding hydrogens is 248 g/mol. The Bertz CT molecular complexity index is 175. The third-order valence-electron chi connectivity index (χ3n) is 3.91. The van der Waals surface area contributed by atoms with Gasteiger partial charge in [0.1, 0.15) is 0 Å². The van der Waals surface area contributed by atoms with Crippen molar-refractivity contribution in [2.45, 2.75) is 65.9 Å². The molecule has 2 rings (SSSR count). The summed E-state index contributed by atoms with van der Waals surface area (Å²) in [7, 11) is 2.22. The van der Waals surface area contributed by atoms with Crippen molar-refractivity contribution in [3.8, 4) is 0 Å². The molecule has 0 saturated carbocycles. The van der Waals surface area contributed by atoms with E-state index in [2.05, 4.69) is 30.7 Å². The van der Waals surface area contributed by atoms with Crippen LogP contribution in [0.5, 0.6) is 0 Å². The van der Waals surface area contributed by atoms with Gasteiger partial charge >= 0.3 is 0 Å². The summed E-state index contributed by atoms with van der Waals surface area (Å²) in [5.41, 5.74) is 0. The highest BCUT2D eigenvalue weighted by molar-refractivity contribution is 4.77. The van der Waals surface area contributed by atoms with Gasteiger partial charge in [-0.1, -0.05) is 34.1 Å². The van der Waals surface area contributed by atoms with Gasteiger partial charge in [-0.15, -0.1) is 0 Å². The van der Waals surface area contributed by atoms with E-state index in [1.54, 1.807) is 0 Å². The third kappa shape index (κ3) is 8.93. The Morgan fingerprint density at radius 3 is 1.80 bits per heavy atom. The molecule has 0 unspecified atom stereocenters. The molecular formula is C17H38N2O. The molecule has 2 aliphatic rings. The Morgan fingerprint density at radius 1 is 0.900 bits per heavy atom. The van der Waals surface area contributed by atoms with E-state index in [1.165, 1.54) is 38.9 Å². The Morgan fingerprint density at radius 2 is 1.35 bits per heavy atom. The van der Waals surface area contributed by atoms with Crippen molar-refractivity contribution in [1.29, 1.82) is 0 Å². The molecule has 0 radical (unpaired) electrons. The van der Waals surface area contributed by atoms with Gasteiger partial charge in [-0.25, -0.2) is 0 Å². The van der Waals surface area contributed by atoms with Crippen molar-refractivity contribution in [2.24, 2.45) is 5.92 Å². The van der Waals surface area contributed by atoms with Gasteiger partial charge in [0, 0.05) is 19.6 Å². The summed E-state index contributed by atoms with van der Waals surface area (Å²) in [6, 6.07) is 0. The first-order valence-electron chi connectivity index (χ1n) is 8.74. The first-order valence-corrected chi connectivity index (χ1v) is 8.74. The zero-order chi connectivity index (χ0) is 15.4. The second-order valence-corrected chi connectivity index (χ2v) is 5.99. The van der Waals surface area contributed by atoms with Crippen LogP contribution in [0.1, 0.15) is 59.8 Å². The molecule has 1 N–H and O–H groups in total. The molecule has 3 nitrogen and oxygen atoms in total. The SMILES string of the molecule is CC.CCC.CN1CCC(CN2CCC(O)CC2)CC1. The predicted molar refractivity (Wildman–Crippen MR) is 89.2 cm³/mol. The van der Waals surface area contributed by atoms with Crippen molar-refractivity contribution in [3.63, 3.8) is 0 Å². The van der Waals surface area contributed by atoms with E-state index in [0.29, 0.717) is 0 Å². The fourth-order valence-corrected chi connectivity index (χ4v) is 2.71. The Labute approximate surface area is 127 Å². The monoisotopic (exact) mass is 286 g/mol. The van der Waals surface area contributed by atoms with Crippen LogP contribution >= 0.6 is 0 Å². The zero-order valence-electron chi connectivity index (χ0n) is 14.6. The summed E-state index contributed by atoms with van der Waals surface area (Å²) in [5, 5.41) is 9.43. The fourth-order valence-electron chi connectivity index (χ4n) is 2.71. The molecule has 2 aliphatic heterocycles. The number of aliphatic hydroxyl groups excluding tert-OH is 1. The molecule has 0 bridgehead atoms. The van der Waals surface area contributed by atoms with Crippen LogP contribution in [0.4, 0.5) is 0 Å². The van der Waals surface area contributed by atoms with E-state index in [1.807, 2.05) is 13.8 Å². The average molecular weight is 287 g/mol. The fraction of sp³-hybridized carbons (Fsp3) is 1.00. The molecule has 0 aromatic carbocycles. The quantitative estimate of drug-likeness (QED) is 0.844. The van der Waals surface area contributed by atoms with Crippen LogP contribution in [0.25, 0.3) is 0 Å². The standard InChI is InChI=1S/C12H24N2O.C3H8.C2H6/c1-13-6-2-11(3-7-13)10-14-8-4-12(15)5-9-14;1-3-2;1-2/h11-12,15H,2-10H2,1H3;3H2,1-2H3;1-2H3. The van der Waals surface area contributed by atoms with Gasteiger partial charge in [-0.2, -0.15) is 0 Å². The molecule has 2 heterocycles. The summed E-state index contributed by atoms with van der Waals surface area (Å²) in [5.74, 6) is 0.899. The maximum Gasteiger partial charge on any atom is 0.0564 e. The number of likely N-dealkylation sites (tertiary alicyclic amines) is 2. The minimum Gasteiger partial charge on any atom is -0.393 e. The summed E-state index contributed by atoms with van der Waals surface area (Å²) < 4.78 is 0. The van der Waals surface area contributed by atoms with E-state index in [-0.39, 0.29) is 6.10 Å². The topological polar surface area (TPSA) is 26.7 Å². The van der Waals surface area contributed by atoms with Gasteiger partial charge < -0.3 is 14.9 Å². The molecule has 2 saturated heterocycles. The summed E-state index contributed by atoms with van der Waals surface area (Å²) in [4.78, 5) is 4.97. The van der Waals surface area contributed by atoms with Crippen LogP contribution in [0.2, 0.25) is 0 Å². The molecule has 0 spiro atoms. The number of rotatable bonds is 2. The number of piperidine rings is 2. The molecule has 20 heavy (non-hydrogen) atoms. The van der Waals surface area contributed by atoms with Gasteiger partial charge in [0.25, 0.3) is 0 Å². The molecule has 3 heteroatoms. The predicted octanol–water partition coefficient (Wildman–Crippen LogP) is 3.23. The Kier molecular flexibility index (Phi) is 12.5. The van der Waals surface area contributed by atoms with E-state index < -0.39 is 0 Å². The minimum absolute atomic E-state index is 0.0289. The van der Waals surface area contributed by atoms with Crippen molar-refractivity contribution in [3.05, 3.63) is 0 Å². The van der Waals surface area contributed by atoms with Gasteiger partial charge in [-0.3, -0.25) is 0 Å². The van der Waals surface area contributed by atoms with Gasteiger partial charge in [-0.05, 0) is 51.7 Å². The van der Waals surface area contributed by atoms with E-state index >= 15 is 0 Å². The normalized spacial score (nSPS) is 22.5.